The summed E-state index contributed by atoms with van der Waals surface area (Å²) >= 11 is 0. The highest BCUT2D eigenvalue weighted by Crippen LogP contribution is 2.17. The zero-order valence-corrected chi connectivity index (χ0v) is 10.8. The summed E-state index contributed by atoms with van der Waals surface area (Å²) in [6.45, 7) is 7.77. The van der Waals surface area contributed by atoms with Crippen LogP contribution in [0, 0.1) is 0 Å². The van der Waals surface area contributed by atoms with Crippen LogP contribution in [-0.2, 0) is 17.8 Å². The Morgan fingerprint density at radius 1 is 1.22 bits per heavy atom. The number of morpholine rings is 1. The Bertz CT molecular complexity index is 529. The average Bonchev–Trinajstić information content (AvgIpc) is 2.77. The number of aryl methyl sites for hydroxylation is 1. The van der Waals surface area contributed by atoms with Crippen molar-refractivity contribution in [1.29, 1.82) is 0 Å². The van der Waals surface area contributed by atoms with E-state index in [1.54, 1.807) is 0 Å². The molecule has 1 fully saturated rings. The van der Waals surface area contributed by atoms with Crippen LogP contribution < -0.4 is 0 Å². The minimum atomic E-state index is 0.840. The van der Waals surface area contributed by atoms with Gasteiger partial charge in [0, 0.05) is 19.6 Å². The van der Waals surface area contributed by atoms with Crippen LogP contribution in [0.25, 0.3) is 11.0 Å². The fraction of sp³-hybridized carbons (Fsp3) is 0.500. The van der Waals surface area contributed by atoms with Crippen LogP contribution in [-0.4, -0.2) is 40.8 Å². The van der Waals surface area contributed by atoms with Gasteiger partial charge in [-0.15, -0.1) is 0 Å². The number of para-hydroxylation sites is 2. The third kappa shape index (κ3) is 2.13. The molecule has 0 saturated carbocycles. The monoisotopic (exact) mass is 245 g/mol. The number of benzene rings is 1. The summed E-state index contributed by atoms with van der Waals surface area (Å²) in [4.78, 5) is 7.17. The van der Waals surface area contributed by atoms with Crippen LogP contribution in [0.2, 0.25) is 0 Å². The smallest absolute Gasteiger partial charge is 0.124 e. The molecule has 2 aromatic rings. The van der Waals surface area contributed by atoms with Gasteiger partial charge in [-0.3, -0.25) is 4.90 Å². The maximum atomic E-state index is 5.38. The molecule has 18 heavy (non-hydrogen) atoms. The molecule has 0 radical (unpaired) electrons. The van der Waals surface area contributed by atoms with Crippen molar-refractivity contribution in [1.82, 2.24) is 14.5 Å². The SMILES string of the molecule is CCn1c(CN2CCOCC2)nc2ccccc21. The van der Waals surface area contributed by atoms with E-state index in [9.17, 15) is 0 Å². The first kappa shape index (κ1) is 11.7. The average molecular weight is 245 g/mol. The number of fused-ring (bicyclic) bond motifs is 1. The van der Waals surface area contributed by atoms with E-state index >= 15 is 0 Å². The fourth-order valence-corrected chi connectivity index (χ4v) is 2.56. The van der Waals surface area contributed by atoms with Gasteiger partial charge >= 0.3 is 0 Å². The quantitative estimate of drug-likeness (QED) is 0.827. The van der Waals surface area contributed by atoms with Gasteiger partial charge in [0.15, 0.2) is 0 Å². The Balaban J connectivity index is 1.90. The van der Waals surface area contributed by atoms with Gasteiger partial charge in [-0.1, -0.05) is 12.1 Å². The first-order valence-corrected chi connectivity index (χ1v) is 6.62. The van der Waals surface area contributed by atoms with Gasteiger partial charge in [0.25, 0.3) is 0 Å². The minimum Gasteiger partial charge on any atom is -0.379 e. The van der Waals surface area contributed by atoms with Crippen LogP contribution in [0.3, 0.4) is 0 Å². The van der Waals surface area contributed by atoms with Gasteiger partial charge in [-0.05, 0) is 19.1 Å². The Labute approximate surface area is 107 Å². The summed E-state index contributed by atoms with van der Waals surface area (Å²) in [6, 6.07) is 8.36. The van der Waals surface area contributed by atoms with Gasteiger partial charge in [0.2, 0.25) is 0 Å². The summed E-state index contributed by atoms with van der Waals surface area (Å²) in [5.74, 6) is 1.17. The standard InChI is InChI=1S/C14H19N3O/c1-2-17-13-6-4-3-5-12(13)15-14(17)11-16-7-9-18-10-8-16/h3-6H,2,7-11H2,1H3. The molecule has 2 heterocycles. The molecule has 1 aliphatic heterocycles. The molecule has 0 N–H and O–H groups in total. The van der Waals surface area contributed by atoms with E-state index in [0.29, 0.717) is 0 Å². The van der Waals surface area contributed by atoms with Crippen molar-refractivity contribution in [3.8, 4) is 0 Å². The van der Waals surface area contributed by atoms with E-state index in [2.05, 4.69) is 34.6 Å². The summed E-state index contributed by atoms with van der Waals surface area (Å²) in [6.07, 6.45) is 0. The van der Waals surface area contributed by atoms with Crippen LogP contribution in [0.5, 0.6) is 0 Å². The molecule has 0 atom stereocenters. The molecular formula is C14H19N3O. The second kappa shape index (κ2) is 5.08. The van der Waals surface area contributed by atoms with Gasteiger partial charge < -0.3 is 9.30 Å². The number of ether oxygens (including phenoxy) is 1. The Morgan fingerprint density at radius 2 is 2.00 bits per heavy atom. The van der Waals surface area contributed by atoms with E-state index < -0.39 is 0 Å². The molecule has 4 nitrogen and oxygen atoms in total. The molecule has 4 heteroatoms. The van der Waals surface area contributed by atoms with Crippen molar-refractivity contribution in [2.75, 3.05) is 26.3 Å². The lowest BCUT2D eigenvalue weighted by atomic mass is 10.3. The number of hydrogen-bond acceptors (Lipinski definition) is 3. The lowest BCUT2D eigenvalue weighted by Crippen LogP contribution is -2.36. The third-order valence-electron chi connectivity index (χ3n) is 3.52. The number of imidazole rings is 1. The maximum absolute atomic E-state index is 5.38. The fourth-order valence-electron chi connectivity index (χ4n) is 2.56. The molecule has 0 unspecified atom stereocenters. The van der Waals surface area contributed by atoms with Crippen LogP contribution in [0.4, 0.5) is 0 Å². The highest BCUT2D eigenvalue weighted by molar-refractivity contribution is 5.75. The summed E-state index contributed by atoms with van der Waals surface area (Å²) < 4.78 is 7.69. The number of aromatic nitrogens is 2. The molecule has 96 valence electrons. The predicted octanol–water partition coefficient (Wildman–Crippen LogP) is 1.89. The van der Waals surface area contributed by atoms with E-state index in [4.69, 9.17) is 9.72 Å². The van der Waals surface area contributed by atoms with Gasteiger partial charge in [-0.2, -0.15) is 0 Å². The molecule has 1 aromatic heterocycles. The second-order valence-electron chi connectivity index (χ2n) is 4.65. The molecule has 3 rings (SSSR count). The van der Waals surface area contributed by atoms with E-state index in [1.165, 1.54) is 11.3 Å². The number of nitrogens with zero attached hydrogens (tertiary/aromatic N) is 3. The first-order valence-electron chi connectivity index (χ1n) is 6.62. The summed E-state index contributed by atoms with van der Waals surface area (Å²) in [7, 11) is 0. The van der Waals surface area contributed by atoms with Crippen molar-refractivity contribution in [3.63, 3.8) is 0 Å². The predicted molar refractivity (Wildman–Crippen MR) is 71.5 cm³/mol. The topological polar surface area (TPSA) is 30.3 Å². The zero-order valence-electron chi connectivity index (χ0n) is 10.8. The third-order valence-corrected chi connectivity index (χ3v) is 3.52. The summed E-state index contributed by atoms with van der Waals surface area (Å²) in [5.41, 5.74) is 2.34. The number of rotatable bonds is 3. The molecule has 1 aromatic carbocycles. The van der Waals surface area contributed by atoms with Crippen LogP contribution in [0.15, 0.2) is 24.3 Å². The lowest BCUT2D eigenvalue weighted by molar-refractivity contribution is 0.0327. The largest absolute Gasteiger partial charge is 0.379 e. The first-order chi connectivity index (χ1) is 8.88. The lowest BCUT2D eigenvalue weighted by Gasteiger charge is -2.26. The van der Waals surface area contributed by atoms with Crippen molar-refractivity contribution in [3.05, 3.63) is 30.1 Å². The normalized spacial score (nSPS) is 17.4. The molecule has 0 amide bonds. The Morgan fingerprint density at radius 3 is 2.78 bits per heavy atom. The van der Waals surface area contributed by atoms with Crippen LogP contribution >= 0.6 is 0 Å². The molecule has 1 saturated heterocycles. The Hall–Kier alpha value is -1.39. The molecule has 0 bridgehead atoms. The number of hydrogen-bond donors (Lipinski definition) is 0. The van der Waals surface area contributed by atoms with E-state index in [1.807, 2.05) is 6.07 Å². The highest BCUT2D eigenvalue weighted by atomic mass is 16.5. The van der Waals surface area contributed by atoms with E-state index in [-0.39, 0.29) is 0 Å². The van der Waals surface area contributed by atoms with Crippen molar-refractivity contribution >= 4 is 11.0 Å². The van der Waals surface area contributed by atoms with Crippen molar-refractivity contribution < 1.29 is 4.74 Å². The van der Waals surface area contributed by atoms with Crippen molar-refractivity contribution in [2.24, 2.45) is 0 Å². The molecule has 0 aliphatic carbocycles. The molecular weight excluding hydrogens is 226 g/mol. The Kier molecular flexibility index (Phi) is 3.30. The maximum Gasteiger partial charge on any atom is 0.124 e. The molecule has 0 spiro atoms. The van der Waals surface area contributed by atoms with Gasteiger partial charge in [-0.25, -0.2) is 4.98 Å². The molecule has 1 aliphatic rings. The second-order valence-corrected chi connectivity index (χ2v) is 4.65. The van der Waals surface area contributed by atoms with Gasteiger partial charge in [0.1, 0.15) is 5.82 Å². The van der Waals surface area contributed by atoms with Gasteiger partial charge in [0.05, 0.1) is 30.8 Å². The van der Waals surface area contributed by atoms with E-state index in [0.717, 1.165) is 44.9 Å². The summed E-state index contributed by atoms with van der Waals surface area (Å²) in [5, 5.41) is 0. The highest BCUT2D eigenvalue weighted by Gasteiger charge is 2.15. The van der Waals surface area contributed by atoms with Crippen LogP contribution in [0.1, 0.15) is 12.7 Å². The minimum absolute atomic E-state index is 0.840. The van der Waals surface area contributed by atoms with Crippen molar-refractivity contribution in [2.45, 2.75) is 20.0 Å². The zero-order chi connectivity index (χ0) is 12.4.